The van der Waals surface area contributed by atoms with Crippen LogP contribution < -0.4 is 4.74 Å². The van der Waals surface area contributed by atoms with Gasteiger partial charge in [0.05, 0.1) is 19.8 Å². The second-order valence-corrected chi connectivity index (χ2v) is 6.90. The molecule has 1 fully saturated rings. The number of aromatic nitrogens is 2. The van der Waals surface area contributed by atoms with E-state index in [-0.39, 0.29) is 11.3 Å². The van der Waals surface area contributed by atoms with Crippen molar-refractivity contribution in [2.75, 3.05) is 26.3 Å². The van der Waals surface area contributed by atoms with Crippen molar-refractivity contribution >= 4 is 5.91 Å². The first-order valence-electron chi connectivity index (χ1n) is 8.25. The third kappa shape index (κ3) is 2.89. The number of hydrogen-bond donors (Lipinski definition) is 0. The molecule has 0 saturated carbocycles. The summed E-state index contributed by atoms with van der Waals surface area (Å²) in [4.78, 5) is 14.6. The Morgan fingerprint density at radius 2 is 2.04 bits per heavy atom. The third-order valence-electron chi connectivity index (χ3n) is 4.55. The summed E-state index contributed by atoms with van der Waals surface area (Å²) in [6.07, 6.45) is 0. The van der Waals surface area contributed by atoms with Crippen molar-refractivity contribution < 1.29 is 14.3 Å². The lowest BCUT2D eigenvalue weighted by Gasteiger charge is -2.42. The Bertz CT molecular complexity index is 737. The van der Waals surface area contributed by atoms with E-state index in [1.54, 1.807) is 10.7 Å². The predicted molar refractivity (Wildman–Crippen MR) is 87.8 cm³/mol. The van der Waals surface area contributed by atoms with E-state index < -0.39 is 0 Å². The molecule has 0 bridgehead atoms. The molecule has 0 spiro atoms. The second kappa shape index (κ2) is 5.94. The summed E-state index contributed by atoms with van der Waals surface area (Å²) in [6.45, 7) is 6.17. The van der Waals surface area contributed by atoms with Gasteiger partial charge in [0.1, 0.15) is 12.3 Å². The van der Waals surface area contributed by atoms with Gasteiger partial charge >= 0.3 is 0 Å². The fourth-order valence-corrected chi connectivity index (χ4v) is 3.17. The second-order valence-electron chi connectivity index (χ2n) is 6.90. The van der Waals surface area contributed by atoms with Crippen LogP contribution in [0.1, 0.15) is 23.0 Å². The van der Waals surface area contributed by atoms with Crippen molar-refractivity contribution in [1.82, 2.24) is 14.7 Å². The molecule has 6 heteroatoms. The molecule has 0 radical (unpaired) electrons. The summed E-state index contributed by atoms with van der Waals surface area (Å²) in [5, 5.41) is 4.40. The monoisotopic (exact) mass is 327 g/mol. The van der Waals surface area contributed by atoms with Crippen LogP contribution in [0.5, 0.6) is 5.88 Å². The van der Waals surface area contributed by atoms with Crippen molar-refractivity contribution in [2.24, 2.45) is 5.41 Å². The van der Waals surface area contributed by atoms with Crippen LogP contribution in [0.15, 0.2) is 36.4 Å². The van der Waals surface area contributed by atoms with Crippen LogP contribution >= 0.6 is 0 Å². The molecule has 2 aliphatic rings. The van der Waals surface area contributed by atoms with E-state index >= 15 is 0 Å². The summed E-state index contributed by atoms with van der Waals surface area (Å²) in [7, 11) is 0. The molecule has 6 nitrogen and oxygen atoms in total. The molecule has 126 valence electrons. The SMILES string of the molecule is CC1(CN2CCn3nc(OCc4ccccc4)cc3C2=O)COC1. The molecular formula is C18H21N3O3. The van der Waals surface area contributed by atoms with Crippen LogP contribution in [0, 0.1) is 5.41 Å². The maximum absolute atomic E-state index is 12.7. The maximum Gasteiger partial charge on any atom is 0.272 e. The van der Waals surface area contributed by atoms with E-state index in [4.69, 9.17) is 9.47 Å². The zero-order valence-corrected chi connectivity index (χ0v) is 13.8. The highest BCUT2D eigenvalue weighted by Gasteiger charge is 2.38. The molecule has 1 aromatic carbocycles. The molecule has 4 rings (SSSR count). The van der Waals surface area contributed by atoms with Crippen molar-refractivity contribution in [3.05, 3.63) is 47.7 Å². The third-order valence-corrected chi connectivity index (χ3v) is 4.55. The van der Waals surface area contributed by atoms with Gasteiger partial charge in [0, 0.05) is 24.6 Å². The van der Waals surface area contributed by atoms with Crippen LogP contribution in [-0.4, -0.2) is 46.9 Å². The van der Waals surface area contributed by atoms with Gasteiger partial charge in [-0.3, -0.25) is 9.48 Å². The smallest absolute Gasteiger partial charge is 0.272 e. The van der Waals surface area contributed by atoms with Crippen LogP contribution in [0.2, 0.25) is 0 Å². The number of fused-ring (bicyclic) bond motifs is 1. The van der Waals surface area contributed by atoms with E-state index in [2.05, 4.69) is 12.0 Å². The van der Waals surface area contributed by atoms with Gasteiger partial charge in [-0.05, 0) is 5.56 Å². The molecule has 1 saturated heterocycles. The van der Waals surface area contributed by atoms with E-state index in [1.165, 1.54) is 0 Å². The number of amides is 1. The van der Waals surface area contributed by atoms with Gasteiger partial charge in [0.15, 0.2) is 0 Å². The number of ether oxygens (including phenoxy) is 2. The van der Waals surface area contributed by atoms with E-state index in [9.17, 15) is 4.79 Å². The van der Waals surface area contributed by atoms with Crippen LogP contribution in [-0.2, 0) is 17.9 Å². The van der Waals surface area contributed by atoms with Gasteiger partial charge in [-0.15, -0.1) is 5.10 Å². The van der Waals surface area contributed by atoms with Crippen molar-refractivity contribution in [2.45, 2.75) is 20.1 Å². The molecule has 0 unspecified atom stereocenters. The predicted octanol–water partition coefficient (Wildman–Crippen LogP) is 1.95. The standard InChI is InChI=1S/C18H21N3O3/c1-18(12-23-13-18)11-20-7-8-21-15(17(20)22)9-16(19-21)24-10-14-5-3-2-4-6-14/h2-6,9H,7-8,10-13H2,1H3. The Hall–Kier alpha value is -2.34. The van der Waals surface area contributed by atoms with Gasteiger partial charge < -0.3 is 14.4 Å². The van der Waals surface area contributed by atoms with Crippen LogP contribution in [0.25, 0.3) is 0 Å². The number of benzene rings is 1. The summed E-state index contributed by atoms with van der Waals surface area (Å²) in [5.41, 5.74) is 1.77. The lowest BCUT2D eigenvalue weighted by atomic mass is 9.88. The van der Waals surface area contributed by atoms with Crippen LogP contribution in [0.4, 0.5) is 0 Å². The molecule has 0 aliphatic carbocycles. The van der Waals surface area contributed by atoms with E-state index in [0.29, 0.717) is 31.3 Å². The van der Waals surface area contributed by atoms with Gasteiger partial charge in [0.2, 0.25) is 5.88 Å². The maximum atomic E-state index is 12.7. The molecule has 0 atom stereocenters. The van der Waals surface area contributed by atoms with Gasteiger partial charge in [-0.2, -0.15) is 0 Å². The molecule has 2 aromatic rings. The molecule has 2 aliphatic heterocycles. The Kier molecular flexibility index (Phi) is 3.76. The van der Waals surface area contributed by atoms with Crippen molar-refractivity contribution in [3.8, 4) is 5.88 Å². The largest absolute Gasteiger partial charge is 0.472 e. The number of carbonyl (C=O) groups is 1. The van der Waals surface area contributed by atoms with Crippen molar-refractivity contribution in [1.29, 1.82) is 0 Å². The number of rotatable bonds is 5. The minimum absolute atomic E-state index is 0.0245. The van der Waals surface area contributed by atoms with Gasteiger partial charge in [-0.25, -0.2) is 0 Å². The number of nitrogens with zero attached hydrogens (tertiary/aromatic N) is 3. The molecule has 1 aromatic heterocycles. The average Bonchev–Trinajstić information content (AvgIpc) is 2.99. The first-order chi connectivity index (χ1) is 11.6. The Morgan fingerprint density at radius 3 is 2.75 bits per heavy atom. The lowest BCUT2D eigenvalue weighted by molar-refractivity contribution is -0.111. The Labute approximate surface area is 141 Å². The first kappa shape index (κ1) is 15.2. The van der Waals surface area contributed by atoms with Crippen molar-refractivity contribution in [3.63, 3.8) is 0 Å². The summed E-state index contributed by atoms with van der Waals surface area (Å²) in [6, 6.07) is 11.7. The highest BCUT2D eigenvalue weighted by Crippen LogP contribution is 2.29. The first-order valence-corrected chi connectivity index (χ1v) is 8.25. The highest BCUT2D eigenvalue weighted by atomic mass is 16.5. The Balaban J connectivity index is 1.44. The zero-order valence-electron chi connectivity index (χ0n) is 13.8. The fourth-order valence-electron chi connectivity index (χ4n) is 3.17. The van der Waals surface area contributed by atoms with Gasteiger partial charge in [-0.1, -0.05) is 37.3 Å². The minimum atomic E-state index is 0.0245. The molecule has 24 heavy (non-hydrogen) atoms. The van der Waals surface area contributed by atoms with E-state index in [0.717, 1.165) is 25.3 Å². The average molecular weight is 327 g/mol. The summed E-state index contributed by atoms with van der Waals surface area (Å²) < 4.78 is 12.8. The van der Waals surface area contributed by atoms with Gasteiger partial charge in [0.25, 0.3) is 5.91 Å². The number of hydrogen-bond acceptors (Lipinski definition) is 4. The van der Waals surface area contributed by atoms with E-state index in [1.807, 2.05) is 35.2 Å². The lowest BCUT2D eigenvalue weighted by Crippen LogP contribution is -2.52. The zero-order chi connectivity index (χ0) is 16.6. The summed E-state index contributed by atoms with van der Waals surface area (Å²) >= 11 is 0. The molecule has 3 heterocycles. The molecule has 1 amide bonds. The highest BCUT2D eigenvalue weighted by molar-refractivity contribution is 5.93. The summed E-state index contributed by atoms with van der Waals surface area (Å²) in [5.74, 6) is 0.527. The Morgan fingerprint density at radius 1 is 1.25 bits per heavy atom. The molecule has 0 N–H and O–H groups in total. The molecular weight excluding hydrogens is 306 g/mol. The topological polar surface area (TPSA) is 56.6 Å². The minimum Gasteiger partial charge on any atom is -0.472 e. The van der Waals surface area contributed by atoms with Crippen LogP contribution in [0.3, 0.4) is 0 Å². The fraction of sp³-hybridized carbons (Fsp3) is 0.444. The quantitative estimate of drug-likeness (QED) is 0.842. The number of carbonyl (C=O) groups excluding carboxylic acids is 1. The normalized spacial score (nSPS) is 18.9.